The van der Waals surface area contributed by atoms with E-state index in [1.54, 1.807) is 0 Å². The van der Waals surface area contributed by atoms with Crippen LogP contribution in [0.25, 0.3) is 0 Å². The Hall–Kier alpha value is -1.43. The maximum absolute atomic E-state index is 12.3. The number of piperazine rings is 1. The van der Waals surface area contributed by atoms with Gasteiger partial charge in [-0.3, -0.25) is 9.69 Å². The van der Waals surface area contributed by atoms with Gasteiger partial charge < -0.3 is 14.9 Å². The van der Waals surface area contributed by atoms with Gasteiger partial charge in [-0.25, -0.2) is 0 Å². The molecule has 5 heteroatoms. The molecule has 0 spiro atoms. The number of rotatable bonds is 6. The number of nitrogens with zero attached hydrogens (tertiary/aromatic N) is 3. The van der Waals surface area contributed by atoms with Crippen LogP contribution in [-0.2, 0) is 4.79 Å². The molecule has 1 aromatic carbocycles. The average Bonchev–Trinajstić information content (AvgIpc) is 2.68. The number of carbonyl (C=O) groups excluding carboxylic acids is 1. The van der Waals surface area contributed by atoms with Gasteiger partial charge in [-0.1, -0.05) is 30.3 Å². The topological polar surface area (TPSA) is 47.0 Å². The Morgan fingerprint density at radius 2 is 1.56 bits per heavy atom. The van der Waals surface area contributed by atoms with Gasteiger partial charge in [0.1, 0.15) is 0 Å². The molecule has 1 aromatic rings. The second kappa shape index (κ2) is 9.32. The number of piperidine rings is 1. The minimum Gasteiger partial charge on any atom is -0.387 e. The van der Waals surface area contributed by atoms with E-state index in [9.17, 15) is 9.90 Å². The van der Waals surface area contributed by atoms with E-state index < -0.39 is 6.10 Å². The van der Waals surface area contributed by atoms with Gasteiger partial charge in [-0.05, 0) is 24.8 Å². The molecule has 138 valence electrons. The van der Waals surface area contributed by atoms with Gasteiger partial charge in [0.05, 0.1) is 6.10 Å². The Bertz CT molecular complexity index is 523. The highest BCUT2D eigenvalue weighted by Crippen LogP contribution is 2.15. The second-order valence-electron chi connectivity index (χ2n) is 7.26. The van der Waals surface area contributed by atoms with Crippen LogP contribution in [0.2, 0.25) is 0 Å². The predicted molar refractivity (Wildman–Crippen MR) is 99.3 cm³/mol. The molecule has 1 unspecified atom stereocenters. The third kappa shape index (κ3) is 5.53. The van der Waals surface area contributed by atoms with Gasteiger partial charge in [-0.15, -0.1) is 0 Å². The summed E-state index contributed by atoms with van der Waals surface area (Å²) in [6.07, 6.45) is 3.81. The van der Waals surface area contributed by atoms with E-state index >= 15 is 0 Å². The maximum Gasteiger partial charge on any atom is 0.223 e. The number of carbonyl (C=O) groups is 1. The van der Waals surface area contributed by atoms with Gasteiger partial charge in [0.2, 0.25) is 5.91 Å². The minimum absolute atomic E-state index is 0.321. The van der Waals surface area contributed by atoms with E-state index in [0.29, 0.717) is 18.9 Å². The molecule has 5 nitrogen and oxygen atoms in total. The van der Waals surface area contributed by atoms with Crippen molar-refractivity contribution in [1.29, 1.82) is 0 Å². The van der Waals surface area contributed by atoms with Crippen molar-refractivity contribution in [1.82, 2.24) is 14.7 Å². The lowest BCUT2D eigenvalue weighted by molar-refractivity contribution is -0.132. The number of β-amino-alcohol motifs (C(OH)–C–C–N with tert-alkyl or cyclic N) is 1. The van der Waals surface area contributed by atoms with Crippen molar-refractivity contribution in [3.63, 3.8) is 0 Å². The van der Waals surface area contributed by atoms with Gasteiger partial charge >= 0.3 is 0 Å². The van der Waals surface area contributed by atoms with Crippen LogP contribution in [-0.4, -0.2) is 78.1 Å². The standard InChI is InChI=1S/C20H31N3O2/c24-19(18-7-3-1-4-8-18)17-22-15-13-21(14-16-22)12-9-20(25)23-10-5-2-6-11-23/h1,3-4,7-8,19,24H,2,5-6,9-17H2. The van der Waals surface area contributed by atoms with Crippen molar-refractivity contribution in [2.24, 2.45) is 0 Å². The number of benzene rings is 1. The summed E-state index contributed by atoms with van der Waals surface area (Å²) in [5, 5.41) is 10.4. The van der Waals surface area contributed by atoms with E-state index in [4.69, 9.17) is 0 Å². The summed E-state index contributed by atoms with van der Waals surface area (Å²) < 4.78 is 0. The molecule has 1 N–H and O–H groups in total. The molecule has 2 fully saturated rings. The largest absolute Gasteiger partial charge is 0.387 e. The molecule has 2 saturated heterocycles. The van der Waals surface area contributed by atoms with Crippen LogP contribution in [0.5, 0.6) is 0 Å². The van der Waals surface area contributed by atoms with E-state index in [1.807, 2.05) is 35.2 Å². The summed E-state index contributed by atoms with van der Waals surface area (Å²) in [4.78, 5) is 19.0. The van der Waals surface area contributed by atoms with Gasteiger partial charge in [0, 0.05) is 58.8 Å². The average molecular weight is 345 g/mol. The monoisotopic (exact) mass is 345 g/mol. The van der Waals surface area contributed by atoms with Gasteiger partial charge in [0.25, 0.3) is 0 Å². The van der Waals surface area contributed by atoms with Crippen molar-refractivity contribution in [3.05, 3.63) is 35.9 Å². The first-order valence-electron chi connectivity index (χ1n) is 9.68. The normalized spacial score (nSPS) is 21.2. The fraction of sp³-hybridized carbons (Fsp3) is 0.650. The van der Waals surface area contributed by atoms with Crippen molar-refractivity contribution >= 4 is 5.91 Å². The second-order valence-corrected chi connectivity index (χ2v) is 7.26. The summed E-state index contributed by atoms with van der Waals surface area (Å²) in [5.41, 5.74) is 0.983. The minimum atomic E-state index is -0.423. The molecule has 1 atom stereocenters. The zero-order valence-corrected chi connectivity index (χ0v) is 15.1. The van der Waals surface area contributed by atoms with Crippen molar-refractivity contribution in [3.8, 4) is 0 Å². The lowest BCUT2D eigenvalue weighted by atomic mass is 10.1. The first-order valence-corrected chi connectivity index (χ1v) is 9.68. The molecule has 0 aromatic heterocycles. The van der Waals surface area contributed by atoms with Crippen LogP contribution < -0.4 is 0 Å². The fourth-order valence-corrected chi connectivity index (χ4v) is 3.78. The summed E-state index contributed by atoms with van der Waals surface area (Å²) in [5.74, 6) is 0.321. The number of aliphatic hydroxyl groups is 1. The Kier molecular flexibility index (Phi) is 6.84. The van der Waals surface area contributed by atoms with E-state index in [1.165, 1.54) is 6.42 Å². The third-order valence-electron chi connectivity index (χ3n) is 5.43. The smallest absolute Gasteiger partial charge is 0.223 e. The zero-order chi connectivity index (χ0) is 17.5. The van der Waals surface area contributed by atoms with Crippen LogP contribution in [0.3, 0.4) is 0 Å². The Labute approximate surface area is 151 Å². The summed E-state index contributed by atoms with van der Waals surface area (Å²) in [6, 6.07) is 9.87. The summed E-state index contributed by atoms with van der Waals surface area (Å²) >= 11 is 0. The number of hydrogen-bond donors (Lipinski definition) is 1. The molecule has 1 amide bonds. The highest BCUT2D eigenvalue weighted by molar-refractivity contribution is 5.76. The molecule has 0 bridgehead atoms. The Morgan fingerprint density at radius 3 is 2.24 bits per heavy atom. The molecular formula is C20H31N3O2. The maximum atomic E-state index is 12.3. The van der Waals surface area contributed by atoms with Crippen molar-refractivity contribution in [2.75, 3.05) is 52.4 Å². The van der Waals surface area contributed by atoms with Crippen LogP contribution in [0.1, 0.15) is 37.4 Å². The fourth-order valence-electron chi connectivity index (χ4n) is 3.78. The van der Waals surface area contributed by atoms with E-state index in [2.05, 4.69) is 9.80 Å². The summed E-state index contributed by atoms with van der Waals surface area (Å²) in [6.45, 7) is 7.33. The van der Waals surface area contributed by atoms with Crippen molar-refractivity contribution < 1.29 is 9.90 Å². The summed E-state index contributed by atoms with van der Waals surface area (Å²) in [7, 11) is 0. The molecule has 2 aliphatic heterocycles. The Balaban J connectivity index is 1.35. The number of aliphatic hydroxyl groups excluding tert-OH is 1. The lowest BCUT2D eigenvalue weighted by Crippen LogP contribution is -2.48. The highest BCUT2D eigenvalue weighted by atomic mass is 16.3. The third-order valence-corrected chi connectivity index (χ3v) is 5.43. The van der Waals surface area contributed by atoms with E-state index in [-0.39, 0.29) is 0 Å². The van der Waals surface area contributed by atoms with E-state index in [0.717, 1.165) is 64.2 Å². The quantitative estimate of drug-likeness (QED) is 0.853. The molecule has 2 heterocycles. The molecule has 3 rings (SSSR count). The Morgan fingerprint density at radius 1 is 0.920 bits per heavy atom. The highest BCUT2D eigenvalue weighted by Gasteiger charge is 2.22. The van der Waals surface area contributed by atoms with Crippen LogP contribution in [0.4, 0.5) is 0 Å². The number of hydrogen-bond acceptors (Lipinski definition) is 4. The zero-order valence-electron chi connectivity index (χ0n) is 15.1. The lowest BCUT2D eigenvalue weighted by Gasteiger charge is -2.36. The first kappa shape index (κ1) is 18.4. The molecule has 25 heavy (non-hydrogen) atoms. The van der Waals surface area contributed by atoms with Gasteiger partial charge in [0.15, 0.2) is 0 Å². The van der Waals surface area contributed by atoms with Gasteiger partial charge in [-0.2, -0.15) is 0 Å². The van der Waals surface area contributed by atoms with Crippen LogP contribution in [0.15, 0.2) is 30.3 Å². The molecular weight excluding hydrogens is 314 g/mol. The predicted octanol–water partition coefficient (Wildman–Crippen LogP) is 1.74. The molecule has 0 aliphatic carbocycles. The van der Waals surface area contributed by atoms with Crippen LogP contribution >= 0.6 is 0 Å². The molecule has 2 aliphatic rings. The molecule has 0 radical (unpaired) electrons. The number of amides is 1. The first-order chi connectivity index (χ1) is 12.2. The van der Waals surface area contributed by atoms with Crippen LogP contribution in [0, 0.1) is 0 Å². The SMILES string of the molecule is O=C(CCN1CCN(CC(O)c2ccccc2)CC1)N1CCCCC1. The molecule has 0 saturated carbocycles. The number of likely N-dealkylation sites (tertiary alicyclic amines) is 1. The van der Waals surface area contributed by atoms with Crippen molar-refractivity contribution in [2.45, 2.75) is 31.8 Å².